The van der Waals surface area contributed by atoms with Crippen LogP contribution in [0.25, 0.3) is 11.5 Å². The Bertz CT molecular complexity index is 633. The van der Waals surface area contributed by atoms with Gasteiger partial charge in [-0.25, -0.2) is 0 Å². The first-order valence-electron chi connectivity index (χ1n) is 7.02. The number of ether oxygens (including phenoxy) is 2. The number of benzene rings is 1. The number of hydrogen-bond acceptors (Lipinski definition) is 6. The molecule has 0 aliphatic heterocycles. The second-order valence-electron chi connectivity index (χ2n) is 5.33. The molecule has 1 aliphatic carbocycles. The quantitative estimate of drug-likeness (QED) is 0.931. The van der Waals surface area contributed by atoms with Crippen molar-refractivity contribution < 1.29 is 14.0 Å². The zero-order chi connectivity index (χ0) is 14.9. The third kappa shape index (κ3) is 2.35. The highest BCUT2D eigenvalue weighted by Crippen LogP contribution is 2.39. The average Bonchev–Trinajstić information content (AvgIpc) is 3.16. The third-order valence-electron chi connectivity index (χ3n) is 4.00. The van der Waals surface area contributed by atoms with Crippen molar-refractivity contribution in [1.29, 1.82) is 0 Å². The molecule has 0 saturated heterocycles. The number of para-hydroxylation sites is 1. The van der Waals surface area contributed by atoms with Gasteiger partial charge in [-0.1, -0.05) is 24.1 Å². The van der Waals surface area contributed by atoms with E-state index >= 15 is 0 Å². The van der Waals surface area contributed by atoms with Crippen LogP contribution in [0.15, 0.2) is 22.7 Å². The normalized spacial score (nSPS) is 16.9. The lowest BCUT2D eigenvalue weighted by Crippen LogP contribution is -2.34. The molecule has 0 atom stereocenters. The van der Waals surface area contributed by atoms with E-state index in [0.717, 1.165) is 25.7 Å². The van der Waals surface area contributed by atoms with Crippen LogP contribution in [-0.2, 0) is 5.54 Å². The van der Waals surface area contributed by atoms with Gasteiger partial charge in [-0.15, -0.1) is 0 Å². The summed E-state index contributed by atoms with van der Waals surface area (Å²) in [6, 6.07) is 5.53. The van der Waals surface area contributed by atoms with Crippen molar-refractivity contribution in [2.45, 2.75) is 31.2 Å². The van der Waals surface area contributed by atoms with Crippen molar-refractivity contribution in [1.82, 2.24) is 10.1 Å². The van der Waals surface area contributed by atoms with Gasteiger partial charge in [0.15, 0.2) is 17.3 Å². The van der Waals surface area contributed by atoms with Crippen LogP contribution >= 0.6 is 0 Å². The molecule has 2 N–H and O–H groups in total. The van der Waals surface area contributed by atoms with Crippen LogP contribution in [0.1, 0.15) is 31.5 Å². The van der Waals surface area contributed by atoms with Crippen molar-refractivity contribution in [3.63, 3.8) is 0 Å². The molecule has 0 unspecified atom stereocenters. The summed E-state index contributed by atoms with van der Waals surface area (Å²) in [7, 11) is 3.17. The van der Waals surface area contributed by atoms with Crippen molar-refractivity contribution in [2.24, 2.45) is 5.73 Å². The van der Waals surface area contributed by atoms with Gasteiger partial charge in [0.1, 0.15) is 0 Å². The summed E-state index contributed by atoms with van der Waals surface area (Å²) in [6.45, 7) is 0. The second kappa shape index (κ2) is 5.37. The van der Waals surface area contributed by atoms with Gasteiger partial charge in [0.2, 0.25) is 0 Å². The molecule has 0 amide bonds. The summed E-state index contributed by atoms with van der Waals surface area (Å²) in [5, 5.41) is 4.07. The molecule has 3 rings (SSSR count). The van der Waals surface area contributed by atoms with Crippen molar-refractivity contribution in [2.75, 3.05) is 14.2 Å². The third-order valence-corrected chi connectivity index (χ3v) is 4.00. The first-order chi connectivity index (χ1) is 10.2. The average molecular weight is 289 g/mol. The van der Waals surface area contributed by atoms with E-state index in [2.05, 4.69) is 10.1 Å². The maximum atomic E-state index is 6.36. The minimum absolute atomic E-state index is 0.400. The summed E-state index contributed by atoms with van der Waals surface area (Å²) < 4.78 is 16.1. The SMILES string of the molecule is COc1cccc(-c2nc(C3(N)CCCC3)no2)c1OC. The molecule has 0 radical (unpaired) electrons. The van der Waals surface area contributed by atoms with Gasteiger partial charge in [-0.05, 0) is 25.0 Å². The predicted octanol–water partition coefficient (Wildman–Crippen LogP) is 2.48. The maximum Gasteiger partial charge on any atom is 0.261 e. The first-order valence-corrected chi connectivity index (χ1v) is 7.02. The Kier molecular flexibility index (Phi) is 3.55. The molecule has 1 fully saturated rings. The number of methoxy groups -OCH3 is 2. The molecule has 2 aromatic rings. The van der Waals surface area contributed by atoms with Gasteiger partial charge in [-0.3, -0.25) is 0 Å². The summed E-state index contributed by atoms with van der Waals surface area (Å²) in [4.78, 5) is 4.48. The van der Waals surface area contributed by atoms with Gasteiger partial charge in [0.05, 0.1) is 25.3 Å². The largest absolute Gasteiger partial charge is 0.493 e. The Morgan fingerprint density at radius 3 is 2.62 bits per heavy atom. The van der Waals surface area contributed by atoms with Crippen LogP contribution in [0.4, 0.5) is 0 Å². The van der Waals surface area contributed by atoms with E-state index in [9.17, 15) is 0 Å². The Balaban J connectivity index is 2.00. The zero-order valence-electron chi connectivity index (χ0n) is 12.3. The minimum atomic E-state index is -0.464. The maximum absolute atomic E-state index is 6.36. The molecule has 1 saturated carbocycles. The number of aromatic nitrogens is 2. The number of nitrogens with zero attached hydrogens (tertiary/aromatic N) is 2. The fourth-order valence-corrected chi connectivity index (χ4v) is 2.82. The Hall–Kier alpha value is -2.08. The van der Waals surface area contributed by atoms with Crippen LogP contribution < -0.4 is 15.2 Å². The molecule has 6 nitrogen and oxygen atoms in total. The summed E-state index contributed by atoms with van der Waals surface area (Å²) in [5.74, 6) is 2.17. The molecule has 1 aromatic heterocycles. The molecular weight excluding hydrogens is 270 g/mol. The van der Waals surface area contributed by atoms with Crippen LogP contribution in [0.3, 0.4) is 0 Å². The fourth-order valence-electron chi connectivity index (χ4n) is 2.82. The lowest BCUT2D eigenvalue weighted by Gasteiger charge is -2.17. The van der Waals surface area contributed by atoms with Crippen molar-refractivity contribution in [3.05, 3.63) is 24.0 Å². The molecule has 6 heteroatoms. The van der Waals surface area contributed by atoms with E-state index < -0.39 is 5.54 Å². The molecule has 21 heavy (non-hydrogen) atoms. The smallest absolute Gasteiger partial charge is 0.261 e. The summed E-state index contributed by atoms with van der Waals surface area (Å²) >= 11 is 0. The van der Waals surface area contributed by atoms with E-state index in [-0.39, 0.29) is 0 Å². The van der Waals surface area contributed by atoms with Crippen molar-refractivity contribution >= 4 is 0 Å². The topological polar surface area (TPSA) is 83.4 Å². The van der Waals surface area contributed by atoms with Crippen molar-refractivity contribution in [3.8, 4) is 23.0 Å². The Morgan fingerprint density at radius 1 is 1.19 bits per heavy atom. The van der Waals surface area contributed by atoms with E-state index in [1.807, 2.05) is 18.2 Å². The lowest BCUT2D eigenvalue weighted by atomic mass is 9.98. The van der Waals surface area contributed by atoms with E-state index in [1.165, 1.54) is 0 Å². The summed E-state index contributed by atoms with van der Waals surface area (Å²) in [6.07, 6.45) is 3.98. The van der Waals surface area contributed by atoms with Crippen LogP contribution in [0.2, 0.25) is 0 Å². The zero-order valence-corrected chi connectivity index (χ0v) is 12.3. The van der Waals surface area contributed by atoms with Gasteiger partial charge in [0.25, 0.3) is 5.89 Å². The highest BCUT2D eigenvalue weighted by Gasteiger charge is 2.36. The van der Waals surface area contributed by atoms with Gasteiger partial charge < -0.3 is 19.7 Å². The standard InChI is InChI=1S/C15H19N3O3/c1-19-11-7-5-6-10(12(11)20-2)13-17-14(18-21-13)15(16)8-3-4-9-15/h5-7H,3-4,8-9,16H2,1-2H3. The van der Waals surface area contributed by atoms with Crippen LogP contribution in [0, 0.1) is 0 Å². The molecule has 1 aromatic carbocycles. The number of rotatable bonds is 4. The molecule has 0 spiro atoms. The highest BCUT2D eigenvalue weighted by molar-refractivity contribution is 5.67. The van der Waals surface area contributed by atoms with Gasteiger partial charge >= 0.3 is 0 Å². The van der Waals surface area contributed by atoms with Crippen LogP contribution in [0.5, 0.6) is 11.5 Å². The Labute approximate surface area is 123 Å². The van der Waals surface area contributed by atoms with E-state index in [0.29, 0.717) is 28.8 Å². The summed E-state index contributed by atoms with van der Waals surface area (Å²) in [5.41, 5.74) is 6.60. The number of nitrogens with two attached hydrogens (primary N) is 1. The molecule has 0 bridgehead atoms. The van der Waals surface area contributed by atoms with E-state index in [4.69, 9.17) is 19.7 Å². The van der Waals surface area contributed by atoms with Gasteiger partial charge in [0, 0.05) is 0 Å². The minimum Gasteiger partial charge on any atom is -0.493 e. The van der Waals surface area contributed by atoms with Gasteiger partial charge in [-0.2, -0.15) is 4.98 Å². The van der Waals surface area contributed by atoms with E-state index in [1.54, 1.807) is 14.2 Å². The first kappa shape index (κ1) is 13.9. The predicted molar refractivity (Wildman–Crippen MR) is 77.2 cm³/mol. The monoisotopic (exact) mass is 289 g/mol. The number of hydrogen-bond donors (Lipinski definition) is 1. The highest BCUT2D eigenvalue weighted by atomic mass is 16.5. The molecule has 1 aliphatic rings. The second-order valence-corrected chi connectivity index (χ2v) is 5.33. The van der Waals surface area contributed by atoms with Crippen LogP contribution in [-0.4, -0.2) is 24.4 Å². The fraction of sp³-hybridized carbons (Fsp3) is 0.467. The molecular formula is C15H19N3O3. The Morgan fingerprint density at radius 2 is 1.95 bits per heavy atom. The molecule has 112 valence electrons. The lowest BCUT2D eigenvalue weighted by molar-refractivity contribution is 0.351. The molecule has 1 heterocycles.